The zero-order valence-corrected chi connectivity index (χ0v) is 13.0. The number of nitrogens with zero attached hydrogens (tertiary/aromatic N) is 2. The lowest BCUT2D eigenvalue weighted by Gasteiger charge is -2.23. The summed E-state index contributed by atoms with van der Waals surface area (Å²) in [6, 6.07) is 6.00. The molecule has 0 bridgehead atoms. The monoisotopic (exact) mass is 318 g/mol. The minimum atomic E-state index is -0.655. The third-order valence-corrected chi connectivity index (χ3v) is 3.88. The number of carbonyl (C=O) groups excluding carboxylic acids is 4. The van der Waals surface area contributed by atoms with Crippen molar-refractivity contribution in [3.63, 3.8) is 0 Å². The fourth-order valence-corrected chi connectivity index (χ4v) is 2.53. The highest BCUT2D eigenvalue weighted by Crippen LogP contribution is 2.22. The van der Waals surface area contributed by atoms with E-state index in [4.69, 9.17) is 0 Å². The Bertz CT molecular complexity index is 608. The van der Waals surface area contributed by atoms with Crippen molar-refractivity contribution in [2.75, 3.05) is 20.7 Å². The van der Waals surface area contributed by atoms with Crippen LogP contribution in [0.4, 0.5) is 4.79 Å². The van der Waals surface area contributed by atoms with Gasteiger partial charge in [-0.2, -0.15) is 0 Å². The smallest absolute Gasteiger partial charge is 0.409 e. The molecule has 1 aromatic carbocycles. The predicted octanol–water partition coefficient (Wildman–Crippen LogP) is 1.33. The molecule has 1 unspecified atom stereocenters. The third kappa shape index (κ3) is 3.23. The number of aldehydes is 1. The minimum absolute atomic E-state index is 0.200. The van der Waals surface area contributed by atoms with Crippen LogP contribution in [0.2, 0.25) is 0 Å². The van der Waals surface area contributed by atoms with Crippen LogP contribution in [-0.4, -0.2) is 60.7 Å². The highest BCUT2D eigenvalue weighted by atomic mass is 16.5. The summed E-state index contributed by atoms with van der Waals surface area (Å²) in [5.41, 5.74) is 0.798. The van der Waals surface area contributed by atoms with Crippen molar-refractivity contribution in [3.05, 3.63) is 35.4 Å². The Kier molecular flexibility index (Phi) is 5.10. The van der Waals surface area contributed by atoms with E-state index in [0.717, 1.165) is 0 Å². The standard InChI is InChI=1S/C16H18N2O5/c1-17(16(22)23-2)11(10-19)6-5-9-18-14(20)12-7-3-4-8-13(12)15(18)21/h3-4,7-8,10-11H,5-6,9H2,1-2H3. The van der Waals surface area contributed by atoms with Gasteiger partial charge < -0.3 is 14.4 Å². The number of benzene rings is 1. The van der Waals surface area contributed by atoms with Crippen molar-refractivity contribution in [1.29, 1.82) is 0 Å². The predicted molar refractivity (Wildman–Crippen MR) is 81.1 cm³/mol. The maximum Gasteiger partial charge on any atom is 0.409 e. The average molecular weight is 318 g/mol. The van der Waals surface area contributed by atoms with Gasteiger partial charge >= 0.3 is 6.09 Å². The van der Waals surface area contributed by atoms with Crippen LogP contribution >= 0.6 is 0 Å². The minimum Gasteiger partial charge on any atom is -0.453 e. The first-order valence-electron chi connectivity index (χ1n) is 7.22. The van der Waals surface area contributed by atoms with Crippen LogP contribution in [-0.2, 0) is 9.53 Å². The van der Waals surface area contributed by atoms with Gasteiger partial charge in [0.2, 0.25) is 0 Å². The highest BCUT2D eigenvalue weighted by Gasteiger charge is 2.34. The Balaban J connectivity index is 1.95. The van der Waals surface area contributed by atoms with Gasteiger partial charge in [-0.05, 0) is 25.0 Å². The Morgan fingerprint density at radius 2 is 1.83 bits per heavy atom. The molecule has 23 heavy (non-hydrogen) atoms. The first-order valence-corrected chi connectivity index (χ1v) is 7.22. The summed E-state index contributed by atoms with van der Waals surface area (Å²) in [5, 5.41) is 0. The van der Waals surface area contributed by atoms with E-state index in [9.17, 15) is 19.2 Å². The van der Waals surface area contributed by atoms with E-state index in [0.29, 0.717) is 30.3 Å². The Labute approximate surface area is 133 Å². The van der Waals surface area contributed by atoms with E-state index in [2.05, 4.69) is 4.74 Å². The number of ether oxygens (including phenoxy) is 1. The molecule has 122 valence electrons. The molecule has 1 heterocycles. The molecule has 0 saturated heterocycles. The van der Waals surface area contributed by atoms with Crippen LogP contribution in [0, 0.1) is 0 Å². The maximum atomic E-state index is 12.2. The summed E-state index contributed by atoms with van der Waals surface area (Å²) in [6.45, 7) is 0.200. The number of fused-ring (bicyclic) bond motifs is 1. The maximum absolute atomic E-state index is 12.2. The Morgan fingerprint density at radius 1 is 1.26 bits per heavy atom. The number of hydrogen-bond donors (Lipinski definition) is 0. The number of methoxy groups -OCH3 is 1. The van der Waals surface area contributed by atoms with Crippen molar-refractivity contribution in [3.8, 4) is 0 Å². The van der Waals surface area contributed by atoms with Gasteiger partial charge in [-0.3, -0.25) is 14.5 Å². The molecule has 0 aromatic heterocycles. The SMILES string of the molecule is COC(=O)N(C)C(C=O)CCCN1C(=O)c2ccccc2C1=O. The van der Waals surface area contributed by atoms with E-state index in [1.807, 2.05) is 0 Å². The normalized spacial score (nSPS) is 14.4. The number of carbonyl (C=O) groups is 4. The van der Waals surface area contributed by atoms with Gasteiger partial charge in [0, 0.05) is 13.6 Å². The lowest BCUT2D eigenvalue weighted by atomic mass is 10.1. The highest BCUT2D eigenvalue weighted by molar-refractivity contribution is 6.21. The molecule has 0 radical (unpaired) electrons. The van der Waals surface area contributed by atoms with Gasteiger partial charge in [0.05, 0.1) is 24.3 Å². The largest absolute Gasteiger partial charge is 0.453 e. The van der Waals surface area contributed by atoms with Crippen LogP contribution in [0.1, 0.15) is 33.6 Å². The number of rotatable bonds is 6. The summed E-state index contributed by atoms with van der Waals surface area (Å²) in [5.74, 6) is -0.649. The second-order valence-corrected chi connectivity index (χ2v) is 5.23. The van der Waals surface area contributed by atoms with Crippen LogP contribution in [0.25, 0.3) is 0 Å². The van der Waals surface area contributed by atoms with Crippen molar-refractivity contribution in [2.45, 2.75) is 18.9 Å². The van der Waals surface area contributed by atoms with Crippen molar-refractivity contribution in [2.24, 2.45) is 0 Å². The molecule has 2 rings (SSSR count). The number of hydrogen-bond acceptors (Lipinski definition) is 5. The zero-order valence-electron chi connectivity index (χ0n) is 13.0. The molecule has 7 heteroatoms. The molecule has 7 nitrogen and oxygen atoms in total. The topological polar surface area (TPSA) is 84.0 Å². The van der Waals surface area contributed by atoms with Gasteiger partial charge in [0.15, 0.2) is 0 Å². The molecule has 0 saturated carbocycles. The fourth-order valence-electron chi connectivity index (χ4n) is 2.53. The third-order valence-electron chi connectivity index (χ3n) is 3.88. The molecule has 1 aromatic rings. The quantitative estimate of drug-likeness (QED) is 0.583. The van der Waals surface area contributed by atoms with Crippen molar-refractivity contribution in [1.82, 2.24) is 9.80 Å². The number of likely N-dealkylation sites (N-methyl/N-ethyl adjacent to an activating group) is 1. The van der Waals surface area contributed by atoms with Crippen molar-refractivity contribution >= 4 is 24.2 Å². The van der Waals surface area contributed by atoms with E-state index in [1.54, 1.807) is 24.3 Å². The molecule has 0 N–H and O–H groups in total. The summed E-state index contributed by atoms with van der Waals surface area (Å²) in [7, 11) is 2.70. The van der Waals surface area contributed by atoms with E-state index >= 15 is 0 Å². The van der Waals surface area contributed by atoms with Gasteiger partial charge in [-0.1, -0.05) is 12.1 Å². The molecule has 0 spiro atoms. The van der Waals surface area contributed by atoms with E-state index in [-0.39, 0.29) is 18.4 Å². The zero-order chi connectivity index (χ0) is 17.0. The summed E-state index contributed by atoms with van der Waals surface area (Å²) >= 11 is 0. The van der Waals surface area contributed by atoms with Gasteiger partial charge in [-0.25, -0.2) is 4.79 Å². The van der Waals surface area contributed by atoms with Crippen LogP contribution < -0.4 is 0 Å². The molecule has 1 atom stereocenters. The molecule has 1 aliphatic heterocycles. The Hall–Kier alpha value is -2.70. The summed E-state index contributed by atoms with van der Waals surface area (Å²) in [6.07, 6.45) is 0.792. The first-order chi connectivity index (χ1) is 11.0. The van der Waals surface area contributed by atoms with Gasteiger partial charge in [0.1, 0.15) is 6.29 Å². The fraction of sp³-hybridized carbons (Fsp3) is 0.375. The molecule has 0 fully saturated rings. The summed E-state index contributed by atoms with van der Waals surface area (Å²) < 4.78 is 4.56. The molecular formula is C16H18N2O5. The van der Waals surface area contributed by atoms with E-state index in [1.165, 1.54) is 24.0 Å². The summed E-state index contributed by atoms with van der Waals surface area (Å²) in [4.78, 5) is 49.3. The second kappa shape index (κ2) is 7.04. The average Bonchev–Trinajstić information content (AvgIpc) is 2.82. The molecular weight excluding hydrogens is 300 g/mol. The number of imide groups is 1. The molecule has 1 aliphatic rings. The molecule has 0 aliphatic carbocycles. The van der Waals surface area contributed by atoms with Gasteiger partial charge in [-0.15, -0.1) is 0 Å². The lowest BCUT2D eigenvalue weighted by molar-refractivity contribution is -0.111. The van der Waals surface area contributed by atoms with Crippen LogP contribution in [0.15, 0.2) is 24.3 Å². The molecule has 3 amide bonds. The van der Waals surface area contributed by atoms with Crippen LogP contribution in [0.3, 0.4) is 0 Å². The number of amides is 3. The van der Waals surface area contributed by atoms with E-state index < -0.39 is 12.1 Å². The van der Waals surface area contributed by atoms with Crippen molar-refractivity contribution < 1.29 is 23.9 Å². The van der Waals surface area contributed by atoms with Crippen LogP contribution in [0.5, 0.6) is 0 Å². The Morgan fingerprint density at radius 3 is 2.30 bits per heavy atom. The first kappa shape index (κ1) is 16.7. The lowest BCUT2D eigenvalue weighted by Crippen LogP contribution is -2.39. The second-order valence-electron chi connectivity index (χ2n) is 5.23. The van der Waals surface area contributed by atoms with Gasteiger partial charge in [0.25, 0.3) is 11.8 Å².